The Bertz CT molecular complexity index is 1030. The van der Waals surface area contributed by atoms with Crippen LogP contribution in [0.2, 0.25) is 0 Å². The van der Waals surface area contributed by atoms with E-state index in [0.717, 1.165) is 43.6 Å². The average molecular weight is 406 g/mol. The van der Waals surface area contributed by atoms with Gasteiger partial charge in [0.25, 0.3) is 5.91 Å². The summed E-state index contributed by atoms with van der Waals surface area (Å²) in [7, 11) is 2.12. The molecule has 8 heteroatoms. The summed E-state index contributed by atoms with van der Waals surface area (Å²) in [6.45, 7) is 4.01. The Hall–Kier alpha value is -3.52. The minimum absolute atomic E-state index is 0.00606. The predicted octanol–water partition coefficient (Wildman–Crippen LogP) is 2.88. The third-order valence-corrected chi connectivity index (χ3v) is 5.19. The summed E-state index contributed by atoms with van der Waals surface area (Å²) >= 11 is 0. The highest BCUT2D eigenvalue weighted by Gasteiger charge is 2.18. The van der Waals surface area contributed by atoms with Crippen LogP contribution in [0.1, 0.15) is 10.4 Å². The number of hydrogen-bond donors (Lipinski definition) is 2. The number of anilines is 3. The van der Waals surface area contributed by atoms with E-state index in [9.17, 15) is 9.18 Å². The van der Waals surface area contributed by atoms with Gasteiger partial charge in [0, 0.05) is 55.5 Å². The molecule has 1 aliphatic heterocycles. The molecule has 2 aromatic heterocycles. The number of rotatable bonds is 5. The van der Waals surface area contributed by atoms with Gasteiger partial charge >= 0.3 is 0 Å². The van der Waals surface area contributed by atoms with Crippen LogP contribution < -0.4 is 16.0 Å². The molecule has 0 saturated carbocycles. The first-order valence-corrected chi connectivity index (χ1v) is 9.72. The van der Waals surface area contributed by atoms with Crippen LogP contribution in [0.4, 0.5) is 21.6 Å². The molecular formula is C22H23FN6O. The number of nitrogens with one attached hydrogen (secondary N) is 1. The molecule has 0 spiro atoms. The molecule has 1 saturated heterocycles. The summed E-state index contributed by atoms with van der Waals surface area (Å²) in [6.07, 6.45) is 3.12. The Morgan fingerprint density at radius 1 is 1.07 bits per heavy atom. The highest BCUT2D eigenvalue weighted by atomic mass is 19.1. The van der Waals surface area contributed by atoms with Crippen LogP contribution in [0.25, 0.3) is 11.3 Å². The third-order valence-electron chi connectivity index (χ3n) is 5.19. The van der Waals surface area contributed by atoms with E-state index in [1.54, 1.807) is 24.5 Å². The molecule has 0 unspecified atom stereocenters. The van der Waals surface area contributed by atoms with Crippen molar-refractivity contribution in [2.45, 2.75) is 0 Å². The molecule has 1 aliphatic rings. The number of piperazine rings is 1. The number of benzene rings is 1. The molecule has 3 heterocycles. The zero-order valence-corrected chi connectivity index (χ0v) is 16.7. The second kappa shape index (κ2) is 8.46. The number of nitrogens with zero attached hydrogens (tertiary/aromatic N) is 4. The number of amides is 1. The van der Waals surface area contributed by atoms with Crippen LogP contribution in [-0.4, -0.2) is 54.0 Å². The average Bonchev–Trinajstić information content (AvgIpc) is 2.76. The topological polar surface area (TPSA) is 87.4 Å². The van der Waals surface area contributed by atoms with Crippen LogP contribution >= 0.6 is 0 Å². The maximum absolute atomic E-state index is 14.6. The Morgan fingerprint density at radius 3 is 2.37 bits per heavy atom. The van der Waals surface area contributed by atoms with Crippen LogP contribution in [-0.2, 0) is 0 Å². The summed E-state index contributed by atoms with van der Waals surface area (Å²) in [6, 6.07) is 12.3. The summed E-state index contributed by atoms with van der Waals surface area (Å²) < 4.78 is 14.6. The Balaban J connectivity index is 1.61. The molecule has 30 heavy (non-hydrogen) atoms. The van der Waals surface area contributed by atoms with E-state index < -0.39 is 11.7 Å². The van der Waals surface area contributed by atoms with E-state index in [1.165, 1.54) is 0 Å². The normalized spacial score (nSPS) is 14.5. The number of hydrogen-bond acceptors (Lipinski definition) is 6. The molecule has 3 aromatic rings. The smallest absolute Gasteiger partial charge is 0.252 e. The number of aromatic nitrogens is 2. The molecule has 1 amide bonds. The van der Waals surface area contributed by atoms with Crippen molar-refractivity contribution < 1.29 is 9.18 Å². The zero-order valence-electron chi connectivity index (χ0n) is 16.7. The Labute approximate surface area is 174 Å². The van der Waals surface area contributed by atoms with E-state index >= 15 is 0 Å². The first-order chi connectivity index (χ1) is 14.5. The summed E-state index contributed by atoms with van der Waals surface area (Å²) in [5.74, 6) is -1.16. The van der Waals surface area contributed by atoms with Crippen LogP contribution in [0.5, 0.6) is 0 Å². The van der Waals surface area contributed by atoms with E-state index in [-0.39, 0.29) is 17.1 Å². The molecule has 7 nitrogen and oxygen atoms in total. The van der Waals surface area contributed by atoms with Crippen LogP contribution in [0.15, 0.2) is 54.9 Å². The second-order valence-electron chi connectivity index (χ2n) is 7.28. The van der Waals surface area contributed by atoms with Crippen molar-refractivity contribution in [1.29, 1.82) is 0 Å². The number of halogens is 1. The lowest BCUT2D eigenvalue weighted by molar-refractivity contribution is 0.100. The zero-order chi connectivity index (χ0) is 21.1. The number of pyridine rings is 2. The molecule has 1 fully saturated rings. The van der Waals surface area contributed by atoms with Gasteiger partial charge in [0.2, 0.25) is 0 Å². The minimum atomic E-state index is -0.751. The van der Waals surface area contributed by atoms with Crippen LogP contribution in [0.3, 0.4) is 0 Å². The number of primary amides is 1. The van der Waals surface area contributed by atoms with Gasteiger partial charge in [-0.25, -0.2) is 9.37 Å². The van der Waals surface area contributed by atoms with Gasteiger partial charge in [0.05, 0.1) is 5.56 Å². The summed E-state index contributed by atoms with van der Waals surface area (Å²) in [5, 5.41) is 3.11. The van der Waals surface area contributed by atoms with Gasteiger partial charge in [-0.05, 0) is 49.5 Å². The predicted molar refractivity (Wildman–Crippen MR) is 115 cm³/mol. The van der Waals surface area contributed by atoms with E-state index in [1.807, 2.05) is 24.3 Å². The molecule has 154 valence electrons. The van der Waals surface area contributed by atoms with Crippen molar-refractivity contribution in [3.63, 3.8) is 0 Å². The van der Waals surface area contributed by atoms with Crippen molar-refractivity contribution in [1.82, 2.24) is 14.9 Å². The number of carbonyl (C=O) groups is 1. The Morgan fingerprint density at radius 2 is 1.73 bits per heavy atom. The van der Waals surface area contributed by atoms with Crippen molar-refractivity contribution in [2.75, 3.05) is 43.4 Å². The van der Waals surface area contributed by atoms with Gasteiger partial charge in [0.1, 0.15) is 17.3 Å². The fourth-order valence-electron chi connectivity index (χ4n) is 3.44. The van der Waals surface area contributed by atoms with Gasteiger partial charge in [-0.1, -0.05) is 0 Å². The number of carbonyl (C=O) groups excluding carboxylic acids is 1. The molecule has 1 aromatic carbocycles. The molecular weight excluding hydrogens is 383 g/mol. The molecule has 0 atom stereocenters. The Kier molecular flexibility index (Phi) is 5.58. The lowest BCUT2D eigenvalue weighted by Gasteiger charge is -2.34. The molecule has 0 aliphatic carbocycles. The first-order valence-electron chi connectivity index (χ1n) is 9.72. The van der Waals surface area contributed by atoms with Gasteiger partial charge in [-0.15, -0.1) is 0 Å². The quantitative estimate of drug-likeness (QED) is 0.678. The largest absolute Gasteiger partial charge is 0.369 e. The van der Waals surface area contributed by atoms with Crippen LogP contribution in [0, 0.1) is 5.82 Å². The van der Waals surface area contributed by atoms with E-state index in [4.69, 9.17) is 5.73 Å². The molecule has 0 radical (unpaired) electrons. The lowest BCUT2D eigenvalue weighted by Crippen LogP contribution is -2.44. The highest BCUT2D eigenvalue weighted by Crippen LogP contribution is 2.28. The fourth-order valence-corrected chi connectivity index (χ4v) is 3.44. The lowest BCUT2D eigenvalue weighted by atomic mass is 10.1. The fraction of sp³-hybridized carbons (Fsp3) is 0.227. The molecule has 4 rings (SSSR count). The number of likely N-dealkylation sites (N-methyl/N-ethyl adjacent to an activating group) is 1. The number of nitrogens with two attached hydrogens (primary N) is 1. The standard InChI is InChI=1S/C22H23FN6O/c1-28-10-12-29(13-11-28)17-4-2-16(3-5-17)26-22-18(21(24)30)14-19(23)20(27-22)15-6-8-25-9-7-15/h2-9,14H,10-13H2,1H3,(H2,24,30)(H,26,27). The van der Waals surface area contributed by atoms with Crippen molar-refractivity contribution >= 4 is 23.1 Å². The SMILES string of the molecule is CN1CCN(c2ccc(Nc3nc(-c4ccncc4)c(F)cc3C(N)=O)cc2)CC1. The second-order valence-corrected chi connectivity index (χ2v) is 7.28. The first kappa shape index (κ1) is 19.8. The van der Waals surface area contributed by atoms with Crippen molar-refractivity contribution in [3.05, 3.63) is 66.2 Å². The minimum Gasteiger partial charge on any atom is -0.369 e. The monoisotopic (exact) mass is 406 g/mol. The highest BCUT2D eigenvalue weighted by molar-refractivity contribution is 5.98. The van der Waals surface area contributed by atoms with Gasteiger partial charge in [-0.3, -0.25) is 9.78 Å². The van der Waals surface area contributed by atoms with E-state index in [2.05, 4.69) is 32.1 Å². The molecule has 0 bridgehead atoms. The molecule has 3 N–H and O–H groups in total. The summed E-state index contributed by atoms with van der Waals surface area (Å²) in [4.78, 5) is 24.8. The third kappa shape index (κ3) is 4.23. The van der Waals surface area contributed by atoms with Crippen molar-refractivity contribution in [3.8, 4) is 11.3 Å². The van der Waals surface area contributed by atoms with Crippen molar-refractivity contribution in [2.24, 2.45) is 5.73 Å². The maximum Gasteiger partial charge on any atom is 0.252 e. The van der Waals surface area contributed by atoms with Gasteiger partial charge in [-0.2, -0.15) is 0 Å². The van der Waals surface area contributed by atoms with Gasteiger partial charge in [0.15, 0.2) is 0 Å². The maximum atomic E-state index is 14.6. The van der Waals surface area contributed by atoms with Gasteiger partial charge < -0.3 is 20.9 Å². The van der Waals surface area contributed by atoms with E-state index in [0.29, 0.717) is 5.56 Å². The summed E-state index contributed by atoms with van der Waals surface area (Å²) in [5.41, 5.74) is 8.00.